The van der Waals surface area contributed by atoms with Gasteiger partial charge in [0.05, 0.1) is 25.0 Å². The van der Waals surface area contributed by atoms with Crippen molar-refractivity contribution in [3.8, 4) is 0 Å². The van der Waals surface area contributed by atoms with Gasteiger partial charge >= 0.3 is 0 Å². The fraction of sp³-hybridized carbons (Fsp3) is 0.267. The van der Waals surface area contributed by atoms with E-state index in [4.69, 9.17) is 4.42 Å². The number of hydrogen-bond acceptors (Lipinski definition) is 3. The highest BCUT2D eigenvalue weighted by molar-refractivity contribution is 9.11. The first-order chi connectivity index (χ1) is 9.95. The Labute approximate surface area is 140 Å². The average molecular weight is 416 g/mol. The second-order valence-electron chi connectivity index (χ2n) is 4.90. The first kappa shape index (κ1) is 16.3. The summed E-state index contributed by atoms with van der Waals surface area (Å²) in [5.41, 5.74) is 1.86. The molecule has 0 spiro atoms. The number of nitrogens with one attached hydrogen (secondary N) is 1. The van der Waals surface area contributed by atoms with Gasteiger partial charge in [-0.15, -0.1) is 0 Å². The van der Waals surface area contributed by atoms with E-state index < -0.39 is 0 Å². The zero-order valence-electron chi connectivity index (χ0n) is 11.8. The van der Waals surface area contributed by atoms with Crippen molar-refractivity contribution < 1.29 is 9.21 Å². The molecule has 1 aromatic carbocycles. The molecule has 0 saturated heterocycles. The van der Waals surface area contributed by atoms with Crippen molar-refractivity contribution in [1.29, 1.82) is 0 Å². The van der Waals surface area contributed by atoms with E-state index in [0.29, 0.717) is 6.54 Å². The van der Waals surface area contributed by atoms with Crippen LogP contribution in [0.1, 0.15) is 11.3 Å². The Hall–Kier alpha value is -1.11. The van der Waals surface area contributed by atoms with Crippen LogP contribution in [0.3, 0.4) is 0 Å². The Morgan fingerprint density at radius 1 is 1.33 bits per heavy atom. The van der Waals surface area contributed by atoms with Gasteiger partial charge in [0, 0.05) is 8.95 Å². The minimum atomic E-state index is -0.0747. The summed E-state index contributed by atoms with van der Waals surface area (Å²) >= 11 is 6.94. The summed E-state index contributed by atoms with van der Waals surface area (Å²) in [7, 11) is 1.88. The maximum atomic E-state index is 12.1. The summed E-state index contributed by atoms with van der Waals surface area (Å²) < 4.78 is 6.98. The number of carbonyl (C=O) groups excluding carboxylic acids is 1. The highest BCUT2D eigenvalue weighted by atomic mass is 79.9. The maximum Gasteiger partial charge on any atom is 0.238 e. The number of halogens is 2. The molecule has 0 unspecified atom stereocenters. The Morgan fingerprint density at radius 3 is 2.57 bits per heavy atom. The molecule has 1 amide bonds. The van der Waals surface area contributed by atoms with Gasteiger partial charge in [-0.05, 0) is 75.7 Å². The summed E-state index contributed by atoms with van der Waals surface area (Å²) in [6.45, 7) is 2.88. The standard InChI is InChI=1S/C15H16Br2N2O2/c1-10-6-12(16)15(13(17)7-10)18-14(20)9-19(2)8-11-4-3-5-21-11/h3-7H,8-9H2,1-2H3,(H,18,20). The molecule has 1 aromatic heterocycles. The minimum absolute atomic E-state index is 0.0747. The van der Waals surface area contributed by atoms with Crippen molar-refractivity contribution in [3.05, 3.63) is 50.8 Å². The summed E-state index contributed by atoms with van der Waals surface area (Å²) in [4.78, 5) is 14.0. The van der Waals surface area contributed by atoms with Gasteiger partial charge < -0.3 is 9.73 Å². The number of carbonyl (C=O) groups is 1. The number of likely N-dealkylation sites (N-methyl/N-ethyl adjacent to an activating group) is 1. The first-order valence-electron chi connectivity index (χ1n) is 6.42. The van der Waals surface area contributed by atoms with Crippen LogP contribution in [0, 0.1) is 6.92 Å². The summed E-state index contributed by atoms with van der Waals surface area (Å²) in [6, 6.07) is 7.66. The maximum absolute atomic E-state index is 12.1. The molecule has 0 aliphatic heterocycles. The van der Waals surface area contributed by atoms with Gasteiger partial charge in [0.1, 0.15) is 5.76 Å². The van der Waals surface area contributed by atoms with Crippen LogP contribution in [0.15, 0.2) is 43.9 Å². The van der Waals surface area contributed by atoms with E-state index in [9.17, 15) is 4.79 Å². The van der Waals surface area contributed by atoms with E-state index >= 15 is 0 Å². The fourth-order valence-electron chi connectivity index (χ4n) is 1.97. The molecule has 0 fully saturated rings. The molecule has 2 aromatic rings. The highest BCUT2D eigenvalue weighted by Crippen LogP contribution is 2.32. The Bertz CT molecular complexity index is 604. The lowest BCUT2D eigenvalue weighted by atomic mass is 10.2. The molecular formula is C15H16Br2N2O2. The highest BCUT2D eigenvalue weighted by Gasteiger charge is 2.12. The predicted molar refractivity (Wildman–Crippen MR) is 90.3 cm³/mol. The molecule has 112 valence electrons. The normalized spacial score (nSPS) is 10.9. The van der Waals surface area contributed by atoms with Gasteiger partial charge in [-0.25, -0.2) is 0 Å². The van der Waals surface area contributed by atoms with E-state index in [1.807, 2.05) is 43.1 Å². The first-order valence-corrected chi connectivity index (χ1v) is 8.00. The molecule has 1 N–H and O–H groups in total. The number of anilines is 1. The van der Waals surface area contributed by atoms with Crippen molar-refractivity contribution in [2.45, 2.75) is 13.5 Å². The number of furan rings is 1. The van der Waals surface area contributed by atoms with Gasteiger partial charge in [0.15, 0.2) is 0 Å². The number of benzene rings is 1. The van der Waals surface area contributed by atoms with Crippen LogP contribution in [-0.2, 0) is 11.3 Å². The average Bonchev–Trinajstić information content (AvgIpc) is 2.86. The number of aryl methyl sites for hydroxylation is 1. The molecule has 1 heterocycles. The summed E-state index contributed by atoms with van der Waals surface area (Å²) in [5.74, 6) is 0.761. The molecule has 0 atom stereocenters. The van der Waals surface area contributed by atoms with Crippen molar-refractivity contribution >= 4 is 43.5 Å². The van der Waals surface area contributed by atoms with Crippen molar-refractivity contribution in [1.82, 2.24) is 4.90 Å². The molecule has 21 heavy (non-hydrogen) atoms. The number of hydrogen-bond donors (Lipinski definition) is 1. The van der Waals surface area contributed by atoms with Crippen molar-refractivity contribution in [3.63, 3.8) is 0 Å². The smallest absolute Gasteiger partial charge is 0.238 e. The third kappa shape index (κ3) is 4.69. The number of nitrogens with zero attached hydrogens (tertiary/aromatic N) is 1. The molecule has 0 bridgehead atoms. The second-order valence-corrected chi connectivity index (χ2v) is 6.61. The second kappa shape index (κ2) is 7.24. The summed E-state index contributed by atoms with van der Waals surface area (Å²) in [5, 5.41) is 2.91. The van der Waals surface area contributed by atoms with E-state index in [0.717, 1.165) is 26.0 Å². The van der Waals surface area contributed by atoms with Crippen LogP contribution in [-0.4, -0.2) is 24.4 Å². The summed E-state index contributed by atoms with van der Waals surface area (Å²) in [6.07, 6.45) is 1.63. The zero-order valence-corrected chi connectivity index (χ0v) is 15.0. The van der Waals surface area contributed by atoms with E-state index in [2.05, 4.69) is 37.2 Å². The molecule has 4 nitrogen and oxygen atoms in total. The molecule has 0 aliphatic rings. The SMILES string of the molecule is Cc1cc(Br)c(NC(=O)CN(C)Cc2ccco2)c(Br)c1. The van der Waals surface area contributed by atoms with Gasteiger partial charge in [-0.1, -0.05) is 0 Å². The molecular weight excluding hydrogens is 400 g/mol. The van der Waals surface area contributed by atoms with Crippen LogP contribution in [0.25, 0.3) is 0 Å². The van der Waals surface area contributed by atoms with Crippen LogP contribution in [0.4, 0.5) is 5.69 Å². The van der Waals surface area contributed by atoms with Crippen LogP contribution in [0.2, 0.25) is 0 Å². The quantitative estimate of drug-likeness (QED) is 0.796. The largest absolute Gasteiger partial charge is 0.468 e. The Morgan fingerprint density at radius 2 is 2.00 bits per heavy atom. The lowest BCUT2D eigenvalue weighted by Crippen LogP contribution is -2.29. The van der Waals surface area contributed by atoms with E-state index in [-0.39, 0.29) is 12.5 Å². The fourth-order valence-corrected chi connectivity index (χ4v) is 3.58. The minimum Gasteiger partial charge on any atom is -0.468 e. The number of amides is 1. The van der Waals surface area contributed by atoms with Gasteiger partial charge in [0.2, 0.25) is 5.91 Å². The van der Waals surface area contributed by atoms with Crippen LogP contribution < -0.4 is 5.32 Å². The van der Waals surface area contributed by atoms with E-state index in [1.165, 1.54) is 0 Å². The molecule has 0 saturated carbocycles. The van der Waals surface area contributed by atoms with Crippen LogP contribution >= 0.6 is 31.9 Å². The molecule has 0 radical (unpaired) electrons. The van der Waals surface area contributed by atoms with Crippen LogP contribution in [0.5, 0.6) is 0 Å². The zero-order chi connectivity index (χ0) is 15.4. The lowest BCUT2D eigenvalue weighted by molar-refractivity contribution is -0.117. The van der Waals surface area contributed by atoms with Gasteiger partial charge in [-0.2, -0.15) is 0 Å². The third-order valence-corrected chi connectivity index (χ3v) is 4.12. The van der Waals surface area contributed by atoms with Crippen molar-refractivity contribution in [2.75, 3.05) is 18.9 Å². The number of rotatable bonds is 5. The third-order valence-electron chi connectivity index (χ3n) is 2.87. The monoisotopic (exact) mass is 414 g/mol. The molecule has 6 heteroatoms. The topological polar surface area (TPSA) is 45.5 Å². The Balaban J connectivity index is 1.95. The lowest BCUT2D eigenvalue weighted by Gasteiger charge is -2.16. The Kier molecular flexibility index (Phi) is 5.61. The van der Waals surface area contributed by atoms with E-state index in [1.54, 1.807) is 6.26 Å². The van der Waals surface area contributed by atoms with Gasteiger partial charge in [0.25, 0.3) is 0 Å². The predicted octanol–water partition coefficient (Wildman–Crippen LogP) is 4.18. The molecule has 2 rings (SSSR count). The van der Waals surface area contributed by atoms with Crippen molar-refractivity contribution in [2.24, 2.45) is 0 Å². The van der Waals surface area contributed by atoms with Gasteiger partial charge in [-0.3, -0.25) is 9.69 Å². The molecule has 0 aliphatic carbocycles.